The fraction of sp³-hybridized carbons (Fsp3) is 0.415. The lowest BCUT2D eigenvalue weighted by molar-refractivity contribution is -0.105. The summed E-state index contributed by atoms with van der Waals surface area (Å²) in [6, 6.07) is 23.5. The molecule has 296 valence electrons. The first-order valence-electron chi connectivity index (χ1n) is 18.3. The molecule has 55 heavy (non-hydrogen) atoms. The quantitative estimate of drug-likeness (QED) is 0.0752. The molecular weight excluding hydrogens is 725 g/mol. The third-order valence-corrected chi connectivity index (χ3v) is 11.1. The predicted octanol–water partition coefficient (Wildman–Crippen LogP) is 5.22. The molecule has 0 aliphatic carbocycles. The molecule has 0 amide bonds. The van der Waals surface area contributed by atoms with Crippen molar-refractivity contribution in [2.45, 2.75) is 70.2 Å². The van der Waals surface area contributed by atoms with Crippen molar-refractivity contribution in [3.8, 4) is 23.3 Å². The molecule has 3 atom stereocenters. The van der Waals surface area contributed by atoms with Gasteiger partial charge in [0, 0.05) is 19.0 Å². The van der Waals surface area contributed by atoms with Crippen LogP contribution in [0.2, 0.25) is 0 Å². The zero-order valence-corrected chi connectivity index (χ0v) is 33.1. The fourth-order valence-electron chi connectivity index (χ4n) is 6.40. The molecular formula is C41H52N3O10P. The van der Waals surface area contributed by atoms with Crippen LogP contribution in [-0.4, -0.2) is 81.3 Å². The van der Waals surface area contributed by atoms with E-state index in [0.29, 0.717) is 34.6 Å². The van der Waals surface area contributed by atoms with Crippen LogP contribution in [0.4, 0.5) is 0 Å². The van der Waals surface area contributed by atoms with Crippen LogP contribution in [0.15, 0.2) is 94.6 Å². The molecule has 13 nitrogen and oxygen atoms in total. The Labute approximate surface area is 322 Å². The molecule has 14 heteroatoms. The van der Waals surface area contributed by atoms with E-state index in [2.05, 4.69) is 42.5 Å². The van der Waals surface area contributed by atoms with Crippen LogP contribution in [0.1, 0.15) is 75.4 Å². The van der Waals surface area contributed by atoms with E-state index in [0.717, 1.165) is 11.0 Å². The van der Waals surface area contributed by atoms with Crippen LogP contribution in [0.25, 0.3) is 0 Å². The number of unbranched alkanes of at least 4 members (excludes halogenated alkanes) is 1. The summed E-state index contributed by atoms with van der Waals surface area (Å²) in [5, 5.41) is 8.88. The molecule has 0 radical (unpaired) electrons. The molecule has 4 aromatic rings. The molecule has 5 rings (SSSR count). The van der Waals surface area contributed by atoms with E-state index in [-0.39, 0.29) is 5.56 Å². The maximum absolute atomic E-state index is 12.9. The van der Waals surface area contributed by atoms with Crippen molar-refractivity contribution in [1.29, 1.82) is 0 Å². The molecule has 0 saturated carbocycles. The summed E-state index contributed by atoms with van der Waals surface area (Å²) in [6.45, 7) is 11.5. The Bertz CT molecular complexity index is 2000. The molecule has 3 aromatic carbocycles. The highest BCUT2D eigenvalue weighted by Crippen LogP contribution is 2.59. The lowest BCUT2D eigenvalue weighted by Gasteiger charge is -2.38. The van der Waals surface area contributed by atoms with Crippen LogP contribution in [-0.2, 0) is 19.6 Å². The Hall–Kier alpha value is -4.51. The summed E-state index contributed by atoms with van der Waals surface area (Å²) in [5.41, 5.74) is -1.09. The van der Waals surface area contributed by atoms with Crippen molar-refractivity contribution in [3.63, 3.8) is 0 Å². The first kappa shape index (κ1) is 43.2. The predicted molar refractivity (Wildman–Crippen MR) is 210 cm³/mol. The number of nitrogens with one attached hydrogen (secondary N) is 1. The molecule has 1 saturated heterocycles. The largest absolute Gasteiger partial charge is 0.497 e. The number of rotatable bonds is 14. The van der Waals surface area contributed by atoms with E-state index in [4.69, 9.17) is 18.9 Å². The average molecular weight is 778 g/mol. The van der Waals surface area contributed by atoms with E-state index in [1.165, 1.54) is 25.8 Å². The summed E-state index contributed by atoms with van der Waals surface area (Å²) in [5.74, 6) is 6.75. The lowest BCUT2D eigenvalue weighted by atomic mass is 9.80. The molecule has 0 bridgehead atoms. The Kier molecular flexibility index (Phi) is 15.2. The number of aliphatic hydroxyl groups is 1. The van der Waals surface area contributed by atoms with Gasteiger partial charge in [-0.3, -0.25) is 18.9 Å². The number of benzene rings is 3. The second kappa shape index (κ2) is 19.4. The number of hydrogen-bond donors (Lipinski definition) is 4. The number of ether oxygens (including phenoxy) is 4. The molecule has 1 aliphatic rings. The summed E-state index contributed by atoms with van der Waals surface area (Å²) >= 11 is 0. The van der Waals surface area contributed by atoms with Crippen molar-refractivity contribution in [2.24, 2.45) is 0 Å². The highest BCUT2D eigenvalue weighted by atomic mass is 31.2. The van der Waals surface area contributed by atoms with E-state index in [9.17, 15) is 29.0 Å². The zero-order chi connectivity index (χ0) is 40.2. The number of hydrogen-bond acceptors (Lipinski definition) is 9. The standard InChI is InChI=1S/C35H37N2O10P.C6H15N/c1-4-5-7-10-24-22-37(33(39)36-32(24)38)31-21-34(40,48(41,42)43)30(47-31)23-46-35(25-11-8-6-9-12-25,26-13-17-28(44-2)18-14-26)27-15-19-29(45-3)20-16-27;1-4-7(5-2)6-3/h6,8-9,11-20,22,30-31,40H,4-5,21,23H2,1-3H3,(H,36,38,39)(H2,41,42,43);4-6H2,1-3H3/t30-,31-,34?;/m0./s1. The summed E-state index contributed by atoms with van der Waals surface area (Å²) < 4.78 is 37.4. The Morgan fingerprint density at radius 1 is 0.891 bits per heavy atom. The van der Waals surface area contributed by atoms with E-state index in [1.54, 1.807) is 38.5 Å². The third kappa shape index (κ3) is 9.84. The van der Waals surface area contributed by atoms with Gasteiger partial charge >= 0.3 is 13.3 Å². The van der Waals surface area contributed by atoms with Crippen molar-refractivity contribution in [1.82, 2.24) is 14.5 Å². The minimum Gasteiger partial charge on any atom is -0.497 e. The Balaban J connectivity index is 0.000000876. The van der Waals surface area contributed by atoms with Gasteiger partial charge in [-0.15, -0.1) is 0 Å². The normalized spacial score (nSPS) is 18.2. The SMILES string of the molecule is CCCC#Cc1cn([C@@H]2CC(O)(P(=O)(O)O)[C@H](COC(c3ccccc3)(c3ccc(OC)cc3)c3ccc(OC)cc3)O2)c(=O)[nH]c1=O.CCN(CC)CC. The Morgan fingerprint density at radius 2 is 1.42 bits per heavy atom. The summed E-state index contributed by atoms with van der Waals surface area (Å²) in [4.78, 5) is 50.8. The summed E-state index contributed by atoms with van der Waals surface area (Å²) in [6.07, 6.45) is -1.24. The number of aromatic amines is 1. The van der Waals surface area contributed by atoms with Gasteiger partial charge in [-0.25, -0.2) is 4.79 Å². The van der Waals surface area contributed by atoms with Gasteiger partial charge in [-0.05, 0) is 67.0 Å². The number of nitrogens with zero attached hydrogens (tertiary/aromatic N) is 2. The molecule has 2 heterocycles. The average Bonchev–Trinajstić information content (AvgIpc) is 3.55. The van der Waals surface area contributed by atoms with Gasteiger partial charge in [0.2, 0.25) is 0 Å². The molecule has 1 fully saturated rings. The smallest absolute Gasteiger partial charge is 0.359 e. The van der Waals surface area contributed by atoms with Crippen LogP contribution < -0.4 is 20.7 Å². The van der Waals surface area contributed by atoms with Gasteiger partial charge in [0.1, 0.15) is 35.0 Å². The van der Waals surface area contributed by atoms with Gasteiger partial charge in [-0.2, -0.15) is 0 Å². The van der Waals surface area contributed by atoms with Crippen molar-refractivity contribution in [2.75, 3.05) is 40.5 Å². The second-order valence-corrected chi connectivity index (χ2v) is 14.8. The maximum Gasteiger partial charge on any atom is 0.359 e. The second-order valence-electron chi connectivity index (χ2n) is 12.9. The van der Waals surface area contributed by atoms with Crippen LogP contribution in [0, 0.1) is 11.8 Å². The molecule has 4 N–H and O–H groups in total. The first-order chi connectivity index (χ1) is 26.3. The van der Waals surface area contributed by atoms with Gasteiger partial charge < -0.3 is 38.7 Å². The van der Waals surface area contributed by atoms with Gasteiger partial charge in [0.05, 0.1) is 20.8 Å². The van der Waals surface area contributed by atoms with Crippen LogP contribution in [0.5, 0.6) is 11.5 Å². The minimum absolute atomic E-state index is 0.0341. The van der Waals surface area contributed by atoms with Crippen molar-refractivity contribution in [3.05, 3.63) is 128 Å². The maximum atomic E-state index is 12.9. The molecule has 1 aliphatic heterocycles. The van der Waals surface area contributed by atoms with Gasteiger partial charge in [0.15, 0.2) is 5.34 Å². The highest BCUT2D eigenvalue weighted by Gasteiger charge is 2.60. The molecule has 1 aromatic heterocycles. The Morgan fingerprint density at radius 3 is 1.87 bits per heavy atom. The minimum atomic E-state index is -5.31. The molecule has 0 spiro atoms. The number of H-pyrrole nitrogens is 1. The van der Waals surface area contributed by atoms with Crippen molar-refractivity contribution >= 4 is 7.60 Å². The zero-order valence-electron chi connectivity index (χ0n) is 32.2. The van der Waals surface area contributed by atoms with Crippen LogP contribution >= 0.6 is 7.60 Å². The van der Waals surface area contributed by atoms with Crippen molar-refractivity contribution < 1.29 is 38.4 Å². The van der Waals surface area contributed by atoms with Crippen LogP contribution in [0.3, 0.4) is 0 Å². The highest BCUT2D eigenvalue weighted by molar-refractivity contribution is 7.53. The number of methoxy groups -OCH3 is 2. The van der Waals surface area contributed by atoms with E-state index in [1.807, 2.05) is 61.5 Å². The van der Waals surface area contributed by atoms with E-state index >= 15 is 0 Å². The van der Waals surface area contributed by atoms with E-state index < -0.39 is 55.1 Å². The monoisotopic (exact) mass is 777 g/mol. The molecule has 1 unspecified atom stereocenters. The lowest BCUT2D eigenvalue weighted by Crippen LogP contribution is -2.44. The number of aromatic nitrogens is 2. The first-order valence-corrected chi connectivity index (χ1v) is 19.9. The van der Waals surface area contributed by atoms with Gasteiger partial charge in [0.25, 0.3) is 5.56 Å². The van der Waals surface area contributed by atoms with Gasteiger partial charge in [-0.1, -0.05) is 94.1 Å². The summed E-state index contributed by atoms with van der Waals surface area (Å²) in [7, 11) is -2.22. The third-order valence-electron chi connectivity index (χ3n) is 9.66. The fourth-order valence-corrected chi connectivity index (χ4v) is 7.30. The topological polar surface area (TPSA) is 173 Å².